The largest absolute Gasteiger partial charge is 0.345 e. The lowest BCUT2D eigenvalue weighted by atomic mass is 9.95. The molecule has 3 aliphatic rings. The van der Waals surface area contributed by atoms with Crippen molar-refractivity contribution in [3.8, 4) is 0 Å². The van der Waals surface area contributed by atoms with Crippen LogP contribution in [0.3, 0.4) is 0 Å². The number of hydrogen-bond donors (Lipinski definition) is 0. The van der Waals surface area contributed by atoms with Gasteiger partial charge in [-0.3, -0.25) is 9.59 Å². The van der Waals surface area contributed by atoms with Crippen LogP contribution in [0.5, 0.6) is 0 Å². The van der Waals surface area contributed by atoms with Gasteiger partial charge in [0, 0.05) is 76.0 Å². The molecule has 0 N–H and O–H groups in total. The fourth-order valence-electron chi connectivity index (χ4n) is 4.34. The van der Waals surface area contributed by atoms with Crippen molar-refractivity contribution in [3.05, 3.63) is 23.3 Å². The normalized spacial score (nSPS) is 26.9. The first-order chi connectivity index (χ1) is 12.5. The molecular formula is C19H27N5O2. The van der Waals surface area contributed by atoms with E-state index >= 15 is 0 Å². The maximum absolute atomic E-state index is 12.8. The van der Waals surface area contributed by atoms with Crippen LogP contribution in [-0.2, 0) is 22.6 Å². The van der Waals surface area contributed by atoms with E-state index in [1.54, 1.807) is 11.9 Å². The van der Waals surface area contributed by atoms with Crippen LogP contribution in [-0.4, -0.2) is 76.8 Å². The van der Waals surface area contributed by atoms with Crippen molar-refractivity contribution in [2.45, 2.75) is 38.1 Å². The first-order valence-corrected chi connectivity index (χ1v) is 9.57. The highest BCUT2D eigenvalue weighted by Gasteiger charge is 2.37. The van der Waals surface area contributed by atoms with E-state index in [1.165, 1.54) is 11.3 Å². The third-order valence-electron chi connectivity index (χ3n) is 5.93. The second-order valence-corrected chi connectivity index (χ2v) is 7.99. The summed E-state index contributed by atoms with van der Waals surface area (Å²) in [5.74, 6) is 1.08. The summed E-state index contributed by atoms with van der Waals surface area (Å²) in [4.78, 5) is 39.9. The number of likely N-dealkylation sites (tertiary alicyclic amines) is 2. The zero-order chi connectivity index (χ0) is 18.3. The van der Waals surface area contributed by atoms with Gasteiger partial charge < -0.3 is 14.7 Å². The highest BCUT2D eigenvalue weighted by Crippen LogP contribution is 2.28. The molecular weight excluding hydrogens is 330 g/mol. The second-order valence-electron chi connectivity index (χ2n) is 7.99. The van der Waals surface area contributed by atoms with E-state index in [9.17, 15) is 9.59 Å². The molecule has 26 heavy (non-hydrogen) atoms. The minimum Gasteiger partial charge on any atom is -0.345 e. The van der Waals surface area contributed by atoms with Crippen LogP contribution in [0.4, 0.5) is 0 Å². The molecule has 1 aromatic rings. The van der Waals surface area contributed by atoms with E-state index in [0.717, 1.165) is 44.7 Å². The number of aromatic nitrogens is 2. The fourth-order valence-corrected chi connectivity index (χ4v) is 4.34. The molecule has 0 saturated carbocycles. The number of carbonyl (C=O) groups excluding carboxylic acids is 2. The van der Waals surface area contributed by atoms with Crippen molar-refractivity contribution in [1.82, 2.24) is 24.7 Å². The Morgan fingerprint density at radius 2 is 2.08 bits per heavy atom. The fraction of sp³-hybridized carbons (Fsp3) is 0.684. The minimum absolute atomic E-state index is 0.0694. The first-order valence-electron chi connectivity index (χ1n) is 9.57. The van der Waals surface area contributed by atoms with Crippen LogP contribution in [0.1, 0.15) is 42.3 Å². The van der Waals surface area contributed by atoms with Crippen LogP contribution >= 0.6 is 0 Å². The smallest absolute Gasteiger partial charge is 0.228 e. The molecule has 0 radical (unpaired) electrons. The van der Waals surface area contributed by atoms with E-state index in [4.69, 9.17) is 4.98 Å². The molecule has 0 aliphatic carbocycles. The summed E-state index contributed by atoms with van der Waals surface area (Å²) in [6.45, 7) is 3.93. The van der Waals surface area contributed by atoms with Gasteiger partial charge in [0.1, 0.15) is 5.82 Å². The van der Waals surface area contributed by atoms with Crippen molar-refractivity contribution in [2.24, 2.45) is 5.92 Å². The van der Waals surface area contributed by atoms with E-state index < -0.39 is 0 Å². The molecule has 1 aromatic heterocycles. The standard InChI is InChI=1S/C19H27N5O2/c1-22-7-5-16-15(10-22)9-20-18(21-16)13-4-3-6-24(12-13)19(26)14-8-17(25)23(2)11-14/h9,13-14H,3-8,10-12H2,1-2H3/t13-,14-/m0/s1. The van der Waals surface area contributed by atoms with Gasteiger partial charge in [-0.1, -0.05) is 0 Å². The summed E-state index contributed by atoms with van der Waals surface area (Å²) in [7, 11) is 3.89. The number of nitrogens with zero attached hydrogens (tertiary/aromatic N) is 5. The summed E-state index contributed by atoms with van der Waals surface area (Å²) in [5.41, 5.74) is 2.39. The number of hydrogen-bond acceptors (Lipinski definition) is 5. The Morgan fingerprint density at radius 3 is 2.85 bits per heavy atom. The lowest BCUT2D eigenvalue weighted by molar-refractivity contribution is -0.137. The zero-order valence-corrected chi connectivity index (χ0v) is 15.6. The van der Waals surface area contributed by atoms with Gasteiger partial charge in [-0.15, -0.1) is 0 Å². The maximum atomic E-state index is 12.8. The van der Waals surface area contributed by atoms with Gasteiger partial charge in [-0.2, -0.15) is 0 Å². The molecule has 7 nitrogen and oxygen atoms in total. The summed E-state index contributed by atoms with van der Waals surface area (Å²) in [6, 6.07) is 0. The second kappa shape index (κ2) is 6.95. The summed E-state index contributed by atoms with van der Waals surface area (Å²) in [6.07, 6.45) is 5.27. The molecule has 3 aliphatic heterocycles. The Kier molecular flexibility index (Phi) is 4.65. The average molecular weight is 357 g/mol. The molecule has 0 aromatic carbocycles. The summed E-state index contributed by atoms with van der Waals surface area (Å²) >= 11 is 0. The van der Waals surface area contributed by atoms with Crippen molar-refractivity contribution in [1.29, 1.82) is 0 Å². The maximum Gasteiger partial charge on any atom is 0.228 e. The number of carbonyl (C=O) groups is 2. The van der Waals surface area contributed by atoms with Crippen molar-refractivity contribution < 1.29 is 9.59 Å². The number of amides is 2. The number of fused-ring (bicyclic) bond motifs is 1. The summed E-state index contributed by atoms with van der Waals surface area (Å²) < 4.78 is 0. The van der Waals surface area contributed by atoms with Gasteiger partial charge in [0.05, 0.1) is 5.92 Å². The highest BCUT2D eigenvalue weighted by atomic mass is 16.2. The zero-order valence-electron chi connectivity index (χ0n) is 15.6. The minimum atomic E-state index is -0.189. The molecule has 4 rings (SSSR count). The van der Waals surface area contributed by atoms with Gasteiger partial charge in [-0.05, 0) is 19.9 Å². The molecule has 140 valence electrons. The number of likely N-dealkylation sites (N-methyl/N-ethyl adjacent to an activating group) is 1. The van der Waals surface area contributed by atoms with Gasteiger partial charge >= 0.3 is 0 Å². The van der Waals surface area contributed by atoms with E-state index in [2.05, 4.69) is 16.9 Å². The Morgan fingerprint density at radius 1 is 1.23 bits per heavy atom. The van der Waals surface area contributed by atoms with E-state index in [1.807, 2.05) is 11.1 Å². The Hall–Kier alpha value is -2.02. The molecule has 4 heterocycles. The van der Waals surface area contributed by atoms with Crippen molar-refractivity contribution >= 4 is 11.8 Å². The van der Waals surface area contributed by atoms with Crippen LogP contribution in [0, 0.1) is 5.92 Å². The van der Waals surface area contributed by atoms with Crippen molar-refractivity contribution in [3.63, 3.8) is 0 Å². The predicted octanol–water partition coefficient (Wildman–Crippen LogP) is 0.649. The van der Waals surface area contributed by atoms with E-state index in [-0.39, 0.29) is 23.7 Å². The molecule has 2 amide bonds. The van der Waals surface area contributed by atoms with Crippen LogP contribution < -0.4 is 0 Å². The van der Waals surface area contributed by atoms with Crippen LogP contribution in [0.15, 0.2) is 6.20 Å². The molecule has 2 atom stereocenters. The quantitative estimate of drug-likeness (QED) is 0.777. The van der Waals surface area contributed by atoms with Gasteiger partial charge in [0.25, 0.3) is 0 Å². The monoisotopic (exact) mass is 357 g/mol. The lowest BCUT2D eigenvalue weighted by Crippen LogP contribution is -2.43. The third-order valence-corrected chi connectivity index (χ3v) is 5.93. The van der Waals surface area contributed by atoms with Crippen molar-refractivity contribution in [2.75, 3.05) is 40.3 Å². The molecule has 0 spiro atoms. The Balaban J connectivity index is 1.45. The predicted molar refractivity (Wildman–Crippen MR) is 96.4 cm³/mol. The molecule has 2 saturated heterocycles. The van der Waals surface area contributed by atoms with Gasteiger partial charge in [-0.25, -0.2) is 9.97 Å². The summed E-state index contributed by atoms with van der Waals surface area (Å²) in [5, 5.41) is 0. The number of rotatable bonds is 2. The SMILES string of the molecule is CN1CCc2nc([C@H]3CCCN(C(=O)[C@H]4CC(=O)N(C)C4)C3)ncc2C1. The molecule has 7 heteroatoms. The molecule has 0 bridgehead atoms. The van der Waals surface area contributed by atoms with Gasteiger partial charge in [0.15, 0.2) is 0 Å². The molecule has 0 unspecified atom stereocenters. The first kappa shape index (κ1) is 17.4. The van der Waals surface area contributed by atoms with Gasteiger partial charge in [0.2, 0.25) is 11.8 Å². The van der Waals surface area contributed by atoms with Crippen LogP contribution in [0.25, 0.3) is 0 Å². The third kappa shape index (κ3) is 3.32. The average Bonchev–Trinajstić information content (AvgIpc) is 2.99. The number of piperidine rings is 1. The van der Waals surface area contributed by atoms with E-state index in [0.29, 0.717) is 19.5 Å². The highest BCUT2D eigenvalue weighted by molar-refractivity contribution is 5.89. The Labute approximate surface area is 154 Å². The molecule has 2 fully saturated rings. The van der Waals surface area contributed by atoms with Crippen LogP contribution in [0.2, 0.25) is 0 Å². The lowest BCUT2D eigenvalue weighted by Gasteiger charge is -2.34. The Bertz CT molecular complexity index is 722. The topological polar surface area (TPSA) is 69.6 Å².